The molecular weight excluding hydrogens is 376 g/mol. The molecule has 1 aliphatic heterocycles. The van der Waals surface area contributed by atoms with E-state index in [1.165, 1.54) is 11.1 Å². The molecule has 0 aliphatic carbocycles. The molecule has 2 aromatic carbocycles. The molecule has 154 valence electrons. The standard InChI is InChI=1S/C16H16FN.C4H11NS.3FH/c17-15-11-18(12-15)16(13-7-3-1-4-8-13)14-9-5-2-6-10-14;1-3-5(6)4-2;;;/h1-10,15-16H,11-12H2;6H,3-4H2,1-2H3;3*1H. The second-order valence-corrected chi connectivity index (χ2v) is 6.48. The van der Waals surface area contributed by atoms with Crippen LogP contribution in [0, 0.1) is 0 Å². The van der Waals surface area contributed by atoms with Gasteiger partial charge in [0.15, 0.2) is 0 Å². The zero-order chi connectivity index (χ0) is 17.4. The van der Waals surface area contributed by atoms with Crippen LogP contribution in [0.25, 0.3) is 0 Å². The van der Waals surface area contributed by atoms with E-state index < -0.39 is 6.17 Å². The number of alkyl halides is 1. The average molecular weight is 407 g/mol. The Balaban J connectivity index is 0. The molecule has 7 heteroatoms. The molecule has 1 aliphatic rings. The van der Waals surface area contributed by atoms with Crippen molar-refractivity contribution < 1.29 is 18.5 Å². The van der Waals surface area contributed by atoms with E-state index in [1.54, 1.807) is 0 Å². The number of hydrogen-bond donors (Lipinski definition) is 1. The summed E-state index contributed by atoms with van der Waals surface area (Å²) >= 11 is 4.06. The Morgan fingerprint density at radius 2 is 1.26 bits per heavy atom. The molecule has 1 saturated heterocycles. The highest BCUT2D eigenvalue weighted by atomic mass is 32.1. The van der Waals surface area contributed by atoms with Crippen LogP contribution < -0.4 is 0 Å². The quantitative estimate of drug-likeness (QED) is 0.548. The van der Waals surface area contributed by atoms with Crippen molar-refractivity contribution in [1.29, 1.82) is 0 Å². The minimum Gasteiger partial charge on any atom is -0.286 e. The van der Waals surface area contributed by atoms with Crippen LogP contribution in [0.1, 0.15) is 31.0 Å². The van der Waals surface area contributed by atoms with Crippen molar-refractivity contribution >= 4 is 12.8 Å². The molecular formula is C20H30F4N2S. The molecule has 0 unspecified atom stereocenters. The molecule has 0 aromatic heterocycles. The number of rotatable bonds is 5. The number of benzene rings is 2. The summed E-state index contributed by atoms with van der Waals surface area (Å²) in [6.45, 7) is 7.29. The van der Waals surface area contributed by atoms with E-state index in [0.29, 0.717) is 13.1 Å². The average Bonchev–Trinajstić information content (AvgIpc) is 2.62. The predicted octanol–water partition coefficient (Wildman–Crippen LogP) is 5.06. The number of likely N-dealkylation sites (tertiary alicyclic amines) is 1. The second kappa shape index (κ2) is 14.5. The van der Waals surface area contributed by atoms with Gasteiger partial charge in [0.1, 0.15) is 6.17 Å². The zero-order valence-corrected chi connectivity index (χ0v) is 16.6. The molecule has 3 rings (SSSR count). The van der Waals surface area contributed by atoms with E-state index in [1.807, 2.05) is 40.7 Å². The Bertz CT molecular complexity index is 540. The summed E-state index contributed by atoms with van der Waals surface area (Å²) in [5.41, 5.74) is 2.46. The maximum absolute atomic E-state index is 13.1. The van der Waals surface area contributed by atoms with Gasteiger partial charge < -0.3 is 0 Å². The van der Waals surface area contributed by atoms with Crippen LogP contribution in [0.3, 0.4) is 0 Å². The fourth-order valence-corrected chi connectivity index (χ4v) is 2.77. The third kappa shape index (κ3) is 8.32. The van der Waals surface area contributed by atoms with Crippen molar-refractivity contribution in [1.82, 2.24) is 9.21 Å². The Kier molecular flexibility index (Phi) is 14.8. The van der Waals surface area contributed by atoms with Gasteiger partial charge in [-0.1, -0.05) is 87.3 Å². The van der Waals surface area contributed by atoms with Gasteiger partial charge >= 0.3 is 0 Å². The third-order valence-corrected chi connectivity index (χ3v) is 4.76. The molecule has 0 bridgehead atoms. The third-order valence-electron chi connectivity index (χ3n) is 4.19. The van der Waals surface area contributed by atoms with Gasteiger partial charge in [-0.15, -0.1) is 0 Å². The molecule has 0 amide bonds. The molecule has 0 spiro atoms. The van der Waals surface area contributed by atoms with Crippen LogP contribution in [0.2, 0.25) is 0 Å². The SMILES string of the molecule is CCN(S)CC.F.F.F.FC1CN(C(c2ccccc2)c2ccccc2)C1. The Hall–Kier alpha value is -1.57. The molecule has 2 aromatic rings. The first-order valence-electron chi connectivity index (χ1n) is 8.57. The van der Waals surface area contributed by atoms with Gasteiger partial charge in [-0.2, -0.15) is 0 Å². The van der Waals surface area contributed by atoms with Crippen LogP contribution in [0.4, 0.5) is 18.5 Å². The Labute approximate surface area is 165 Å². The summed E-state index contributed by atoms with van der Waals surface area (Å²) in [6.07, 6.45) is -0.667. The van der Waals surface area contributed by atoms with Crippen LogP contribution in [0.15, 0.2) is 60.7 Å². The van der Waals surface area contributed by atoms with E-state index in [9.17, 15) is 4.39 Å². The molecule has 0 saturated carbocycles. The summed E-state index contributed by atoms with van der Waals surface area (Å²) in [5.74, 6) is 0. The minimum atomic E-state index is -0.667. The van der Waals surface area contributed by atoms with Crippen molar-refractivity contribution in [3.63, 3.8) is 0 Å². The Morgan fingerprint density at radius 1 is 0.889 bits per heavy atom. The smallest absolute Gasteiger partial charge is 0.125 e. The van der Waals surface area contributed by atoms with Crippen molar-refractivity contribution in [2.24, 2.45) is 0 Å². The van der Waals surface area contributed by atoms with Crippen molar-refractivity contribution in [2.45, 2.75) is 26.1 Å². The summed E-state index contributed by atoms with van der Waals surface area (Å²) in [7, 11) is 0. The van der Waals surface area contributed by atoms with E-state index in [2.05, 4.69) is 55.8 Å². The van der Waals surface area contributed by atoms with Crippen LogP contribution in [-0.4, -0.2) is 41.6 Å². The minimum absolute atomic E-state index is 0. The van der Waals surface area contributed by atoms with Gasteiger partial charge in [0, 0.05) is 26.2 Å². The number of hydrogen-bond acceptors (Lipinski definition) is 3. The molecule has 27 heavy (non-hydrogen) atoms. The van der Waals surface area contributed by atoms with Gasteiger partial charge in [0.05, 0.1) is 6.04 Å². The van der Waals surface area contributed by atoms with E-state index in [0.717, 1.165) is 13.1 Å². The molecule has 2 nitrogen and oxygen atoms in total. The van der Waals surface area contributed by atoms with Crippen LogP contribution in [-0.2, 0) is 0 Å². The number of thiol groups is 1. The van der Waals surface area contributed by atoms with Gasteiger partial charge in [-0.05, 0) is 11.1 Å². The lowest BCUT2D eigenvalue weighted by atomic mass is 9.94. The normalized spacial score (nSPS) is 13.4. The number of nitrogens with zero attached hydrogens (tertiary/aromatic N) is 2. The lowest BCUT2D eigenvalue weighted by Gasteiger charge is -2.41. The maximum atomic E-state index is 13.1. The predicted molar refractivity (Wildman–Crippen MR) is 111 cm³/mol. The fourth-order valence-electron chi connectivity index (χ4n) is 2.77. The Morgan fingerprint density at radius 3 is 1.52 bits per heavy atom. The first-order chi connectivity index (χ1) is 11.7. The lowest BCUT2D eigenvalue weighted by molar-refractivity contribution is 0.0402. The summed E-state index contributed by atoms with van der Waals surface area (Å²) in [5, 5.41) is 0. The van der Waals surface area contributed by atoms with E-state index >= 15 is 0 Å². The highest BCUT2D eigenvalue weighted by Gasteiger charge is 2.33. The highest BCUT2D eigenvalue weighted by Crippen LogP contribution is 2.32. The van der Waals surface area contributed by atoms with Crippen molar-refractivity contribution in [3.05, 3.63) is 71.8 Å². The fraction of sp³-hybridized carbons (Fsp3) is 0.400. The summed E-state index contributed by atoms with van der Waals surface area (Å²) in [4.78, 5) is 2.19. The second-order valence-electron chi connectivity index (χ2n) is 5.91. The van der Waals surface area contributed by atoms with Crippen LogP contribution in [0.5, 0.6) is 0 Å². The van der Waals surface area contributed by atoms with Gasteiger partial charge in [0.2, 0.25) is 0 Å². The molecule has 0 N–H and O–H groups in total. The molecule has 0 atom stereocenters. The van der Waals surface area contributed by atoms with Gasteiger partial charge in [-0.25, -0.2) is 4.39 Å². The first-order valence-corrected chi connectivity index (χ1v) is 8.97. The highest BCUT2D eigenvalue weighted by molar-refractivity contribution is 7.77. The zero-order valence-electron chi connectivity index (χ0n) is 15.7. The monoisotopic (exact) mass is 406 g/mol. The molecule has 1 fully saturated rings. The molecule has 1 heterocycles. The first kappa shape index (κ1) is 27.6. The summed E-state index contributed by atoms with van der Waals surface area (Å²) in [6, 6.07) is 20.8. The van der Waals surface area contributed by atoms with Crippen molar-refractivity contribution in [3.8, 4) is 0 Å². The van der Waals surface area contributed by atoms with Crippen LogP contribution >= 0.6 is 12.8 Å². The topological polar surface area (TPSA) is 6.48 Å². The van der Waals surface area contributed by atoms with Crippen molar-refractivity contribution in [2.75, 3.05) is 26.2 Å². The van der Waals surface area contributed by atoms with E-state index in [4.69, 9.17) is 0 Å². The summed E-state index contributed by atoms with van der Waals surface area (Å²) < 4.78 is 15.1. The largest absolute Gasteiger partial charge is 0.286 e. The lowest BCUT2D eigenvalue weighted by Crippen LogP contribution is -2.50. The van der Waals surface area contributed by atoms with Gasteiger partial charge in [0.25, 0.3) is 0 Å². The number of halogens is 4. The van der Waals surface area contributed by atoms with Gasteiger partial charge in [-0.3, -0.25) is 23.3 Å². The maximum Gasteiger partial charge on any atom is 0.125 e. The molecule has 0 radical (unpaired) electrons. The van der Waals surface area contributed by atoms with E-state index in [-0.39, 0.29) is 20.2 Å².